The Balaban J connectivity index is 1.40. The average molecular weight is 638 g/mol. The fourth-order valence-corrected chi connectivity index (χ4v) is 6.69. The molecule has 2 heterocycles. The van der Waals surface area contributed by atoms with Crippen LogP contribution in [0.5, 0.6) is 0 Å². The molecule has 3 atom stereocenters. The third-order valence-corrected chi connectivity index (χ3v) is 9.03. The molecule has 4 aromatic carbocycles. The monoisotopic (exact) mass is 637 g/mol. The van der Waals surface area contributed by atoms with Crippen LogP contribution in [0.4, 0.5) is 10.6 Å². The topological polar surface area (TPSA) is 118 Å². The minimum atomic E-state index is -0.953. The van der Waals surface area contributed by atoms with E-state index in [0.717, 1.165) is 27.6 Å². The fraction of sp³-hybridized carbons (Fsp3) is 0.179. The molecule has 6 aromatic rings. The third-order valence-electron chi connectivity index (χ3n) is 9.03. The van der Waals surface area contributed by atoms with Crippen molar-refractivity contribution in [2.45, 2.75) is 23.9 Å². The minimum Gasteiger partial charge on any atom is -0.481 e. The van der Waals surface area contributed by atoms with Crippen LogP contribution in [-0.4, -0.2) is 45.6 Å². The van der Waals surface area contributed by atoms with Gasteiger partial charge in [0.15, 0.2) is 0 Å². The number of urea groups is 1. The molecule has 1 saturated carbocycles. The number of methoxy groups -OCH3 is 1. The molecule has 7 rings (SSSR count). The van der Waals surface area contributed by atoms with Gasteiger partial charge < -0.3 is 15.2 Å². The maximum Gasteiger partial charge on any atom is 0.320 e. The Bertz CT molecular complexity index is 1940. The van der Waals surface area contributed by atoms with Gasteiger partial charge in [0.05, 0.1) is 29.8 Å². The van der Waals surface area contributed by atoms with Gasteiger partial charge in [0.25, 0.3) is 0 Å². The van der Waals surface area contributed by atoms with E-state index >= 15 is 0 Å². The van der Waals surface area contributed by atoms with E-state index in [1.165, 1.54) is 0 Å². The second kappa shape index (κ2) is 13.1. The van der Waals surface area contributed by atoms with Crippen molar-refractivity contribution in [3.63, 3.8) is 0 Å². The molecular formula is C39H35N5O4. The number of carboxylic acids is 1. The first-order chi connectivity index (χ1) is 23.5. The van der Waals surface area contributed by atoms with E-state index in [1.807, 2.05) is 95.7 Å². The summed E-state index contributed by atoms with van der Waals surface area (Å²) in [6, 6.07) is 41.1. The molecule has 0 radical (unpaired) electrons. The summed E-state index contributed by atoms with van der Waals surface area (Å²) in [6.45, 7) is 0.292. The van der Waals surface area contributed by atoms with Gasteiger partial charge >= 0.3 is 12.0 Å². The summed E-state index contributed by atoms with van der Waals surface area (Å²) >= 11 is 0. The number of anilines is 1. The van der Waals surface area contributed by atoms with Crippen LogP contribution in [0.25, 0.3) is 10.9 Å². The molecule has 3 N–H and O–H groups in total. The van der Waals surface area contributed by atoms with Gasteiger partial charge in [-0.2, -0.15) is 5.10 Å². The summed E-state index contributed by atoms with van der Waals surface area (Å²) in [6.07, 6.45) is 2.19. The second-order valence-corrected chi connectivity index (χ2v) is 12.0. The first-order valence-electron chi connectivity index (χ1n) is 15.9. The Labute approximate surface area is 278 Å². The van der Waals surface area contributed by atoms with Crippen LogP contribution in [0.3, 0.4) is 0 Å². The van der Waals surface area contributed by atoms with E-state index in [-0.39, 0.29) is 12.0 Å². The zero-order valence-corrected chi connectivity index (χ0v) is 26.4. The number of amides is 2. The summed E-state index contributed by atoms with van der Waals surface area (Å²) in [5, 5.41) is 21.8. The van der Waals surface area contributed by atoms with Gasteiger partial charge in [0, 0.05) is 30.7 Å². The smallest absolute Gasteiger partial charge is 0.320 e. The molecule has 0 saturated heterocycles. The van der Waals surface area contributed by atoms with Crippen LogP contribution in [0, 0.1) is 5.92 Å². The van der Waals surface area contributed by atoms with Gasteiger partial charge in [0.2, 0.25) is 0 Å². The Kier molecular flexibility index (Phi) is 8.44. The number of carbonyl (C=O) groups excluding carboxylic acids is 1. The van der Waals surface area contributed by atoms with E-state index < -0.39 is 23.5 Å². The number of aromatic nitrogens is 3. The number of hydrogen-bond donors (Lipinski definition) is 3. The summed E-state index contributed by atoms with van der Waals surface area (Å²) in [4.78, 5) is 30.1. The predicted octanol–water partition coefficient (Wildman–Crippen LogP) is 6.97. The van der Waals surface area contributed by atoms with E-state index in [4.69, 9.17) is 9.84 Å². The Morgan fingerprint density at radius 3 is 1.92 bits per heavy atom. The van der Waals surface area contributed by atoms with Crippen LogP contribution in [0.2, 0.25) is 0 Å². The number of fused-ring (bicyclic) bond motifs is 1. The number of nitrogens with one attached hydrogen (secondary N) is 2. The van der Waals surface area contributed by atoms with Gasteiger partial charge in [-0.25, -0.2) is 14.5 Å². The molecule has 1 fully saturated rings. The van der Waals surface area contributed by atoms with Crippen molar-refractivity contribution in [3.8, 4) is 0 Å². The van der Waals surface area contributed by atoms with E-state index in [1.54, 1.807) is 13.3 Å². The standard InChI is InChI=1S/C39H35N5O4/c1-48-25-33(26-14-6-2-7-15-26)41-38(47)42-35-23-34-32(24-40-35)36(30-22-31(30)37(45)46)43-44(34)39(27-16-8-3-9-17-27,28-18-10-4-11-19-28)29-20-12-5-13-21-29/h2-21,23-24,30-31,33H,22,25H2,1H3,(H,45,46)(H2,40,41,42,47)/t30-,31-,33+/m0/s1. The first-order valence-corrected chi connectivity index (χ1v) is 15.9. The number of carboxylic acid groups (broad SMARTS) is 1. The lowest BCUT2D eigenvalue weighted by molar-refractivity contribution is -0.138. The normalized spacial score (nSPS) is 16.3. The highest BCUT2D eigenvalue weighted by Crippen LogP contribution is 2.51. The number of benzene rings is 4. The van der Waals surface area contributed by atoms with Crippen LogP contribution in [0.15, 0.2) is 134 Å². The van der Waals surface area contributed by atoms with Gasteiger partial charge in [-0.15, -0.1) is 0 Å². The largest absolute Gasteiger partial charge is 0.481 e. The van der Waals surface area contributed by atoms with Crippen molar-refractivity contribution in [1.29, 1.82) is 0 Å². The zero-order chi connectivity index (χ0) is 33.1. The number of ether oxygens (including phenoxy) is 1. The lowest BCUT2D eigenvalue weighted by Crippen LogP contribution is -2.38. The first kappa shape index (κ1) is 30.8. The molecule has 0 bridgehead atoms. The molecule has 2 amide bonds. The summed E-state index contributed by atoms with van der Waals surface area (Å²) < 4.78 is 7.37. The molecule has 240 valence electrons. The van der Waals surface area contributed by atoms with Crippen LogP contribution in [-0.2, 0) is 15.1 Å². The zero-order valence-electron chi connectivity index (χ0n) is 26.4. The number of aliphatic carboxylic acids is 1. The van der Waals surface area contributed by atoms with Crippen molar-refractivity contribution in [3.05, 3.63) is 162 Å². The third kappa shape index (κ3) is 5.69. The van der Waals surface area contributed by atoms with Gasteiger partial charge in [-0.05, 0) is 28.7 Å². The fourth-order valence-electron chi connectivity index (χ4n) is 6.69. The Morgan fingerprint density at radius 1 is 0.875 bits per heavy atom. The maximum atomic E-state index is 13.4. The molecular weight excluding hydrogens is 602 g/mol. The SMILES string of the molecule is COC[C@@H](NC(=O)Nc1cc2c(cn1)c([C@H]1C[C@@H]1C(=O)O)nn2C(c1ccccc1)(c1ccccc1)c1ccccc1)c1ccccc1. The highest BCUT2D eigenvalue weighted by Gasteiger charge is 2.48. The van der Waals surface area contributed by atoms with Crippen LogP contribution < -0.4 is 10.6 Å². The molecule has 0 spiro atoms. The molecule has 9 heteroatoms. The summed E-state index contributed by atoms with van der Waals surface area (Å²) in [5.74, 6) is -1.29. The number of hydrogen-bond acceptors (Lipinski definition) is 5. The van der Waals surface area contributed by atoms with Crippen molar-refractivity contribution in [2.75, 3.05) is 19.0 Å². The molecule has 1 aliphatic carbocycles. The number of carbonyl (C=O) groups is 2. The van der Waals surface area contributed by atoms with Gasteiger partial charge in [-0.1, -0.05) is 121 Å². The van der Waals surface area contributed by atoms with Crippen LogP contribution in [0.1, 0.15) is 46.3 Å². The van der Waals surface area contributed by atoms with E-state index in [9.17, 15) is 14.7 Å². The Hall–Kier alpha value is -5.80. The van der Waals surface area contributed by atoms with Crippen molar-refractivity contribution >= 4 is 28.7 Å². The number of rotatable bonds is 11. The highest BCUT2D eigenvalue weighted by atomic mass is 16.5. The molecule has 9 nitrogen and oxygen atoms in total. The van der Waals surface area contributed by atoms with Crippen molar-refractivity contribution in [1.82, 2.24) is 20.1 Å². The lowest BCUT2D eigenvalue weighted by atomic mass is 9.77. The van der Waals surface area contributed by atoms with Gasteiger partial charge in [0.1, 0.15) is 11.4 Å². The molecule has 0 aliphatic heterocycles. The average Bonchev–Trinajstić information content (AvgIpc) is 3.85. The highest BCUT2D eigenvalue weighted by molar-refractivity contribution is 5.92. The second-order valence-electron chi connectivity index (χ2n) is 12.0. The number of nitrogens with zero attached hydrogens (tertiary/aromatic N) is 3. The van der Waals surface area contributed by atoms with E-state index in [2.05, 4.69) is 52.0 Å². The van der Waals surface area contributed by atoms with Crippen molar-refractivity contribution < 1.29 is 19.4 Å². The molecule has 1 aliphatic rings. The van der Waals surface area contributed by atoms with Crippen LogP contribution >= 0.6 is 0 Å². The lowest BCUT2D eigenvalue weighted by Gasteiger charge is -2.37. The molecule has 0 unspecified atom stereocenters. The molecule has 2 aromatic heterocycles. The van der Waals surface area contributed by atoms with Crippen molar-refractivity contribution in [2.24, 2.45) is 5.92 Å². The predicted molar refractivity (Wildman–Crippen MR) is 184 cm³/mol. The maximum absolute atomic E-state index is 13.4. The Morgan fingerprint density at radius 2 is 1.42 bits per heavy atom. The summed E-state index contributed by atoms with van der Waals surface area (Å²) in [5.41, 5.74) is 4.26. The van der Waals surface area contributed by atoms with E-state index in [0.29, 0.717) is 30.1 Å². The molecule has 48 heavy (non-hydrogen) atoms. The minimum absolute atomic E-state index is 0.254. The quantitative estimate of drug-likeness (QED) is 0.132. The van der Waals surface area contributed by atoms with Gasteiger partial charge in [-0.3, -0.25) is 10.1 Å². The number of pyridine rings is 1. The summed E-state index contributed by atoms with van der Waals surface area (Å²) in [7, 11) is 1.59.